The molecule has 0 N–H and O–H groups in total. The summed E-state index contributed by atoms with van der Waals surface area (Å²) < 4.78 is 0. The monoisotopic (exact) mass is 219 g/mol. The SMILES string of the molecule is CCCC(C)(C)/C=C(\C#N)c1cccs1. The number of nitriles is 1. The van der Waals surface area contributed by atoms with Crippen LogP contribution in [0.4, 0.5) is 0 Å². The Labute approximate surface area is 96.1 Å². The van der Waals surface area contributed by atoms with Crippen molar-refractivity contribution in [3.05, 3.63) is 28.5 Å². The van der Waals surface area contributed by atoms with Gasteiger partial charge in [-0.25, -0.2) is 0 Å². The second-order valence-corrected chi connectivity index (χ2v) is 5.33. The summed E-state index contributed by atoms with van der Waals surface area (Å²) in [5.41, 5.74) is 0.924. The van der Waals surface area contributed by atoms with Crippen LogP contribution in [0.3, 0.4) is 0 Å². The molecule has 2 heteroatoms. The molecule has 0 unspecified atom stereocenters. The number of rotatable bonds is 4. The maximum absolute atomic E-state index is 9.12. The van der Waals surface area contributed by atoms with Gasteiger partial charge in [0.25, 0.3) is 0 Å². The van der Waals surface area contributed by atoms with Gasteiger partial charge in [-0.3, -0.25) is 0 Å². The first-order chi connectivity index (χ1) is 7.09. The molecule has 0 aliphatic heterocycles. The minimum atomic E-state index is 0.115. The van der Waals surface area contributed by atoms with Crippen LogP contribution >= 0.6 is 11.3 Å². The number of hydrogen-bond acceptors (Lipinski definition) is 2. The Morgan fingerprint density at radius 3 is 2.80 bits per heavy atom. The Morgan fingerprint density at radius 1 is 1.60 bits per heavy atom. The smallest absolute Gasteiger partial charge is 0.100 e. The molecule has 0 aromatic carbocycles. The number of allylic oxidation sites excluding steroid dienone is 2. The molecule has 0 atom stereocenters. The van der Waals surface area contributed by atoms with Crippen molar-refractivity contribution in [3.8, 4) is 6.07 Å². The summed E-state index contributed by atoms with van der Waals surface area (Å²) in [5, 5.41) is 11.1. The van der Waals surface area contributed by atoms with Crippen LogP contribution in [0.2, 0.25) is 0 Å². The van der Waals surface area contributed by atoms with Crippen LogP contribution in [-0.2, 0) is 0 Å². The molecule has 1 aromatic rings. The average Bonchev–Trinajstić information content (AvgIpc) is 2.67. The zero-order valence-corrected chi connectivity index (χ0v) is 10.4. The summed E-state index contributed by atoms with van der Waals surface area (Å²) >= 11 is 1.62. The molecule has 0 aliphatic carbocycles. The van der Waals surface area contributed by atoms with E-state index in [0.717, 1.165) is 23.3 Å². The molecule has 0 spiro atoms. The van der Waals surface area contributed by atoms with Gasteiger partial charge in [-0.2, -0.15) is 5.26 Å². The van der Waals surface area contributed by atoms with Crippen molar-refractivity contribution < 1.29 is 0 Å². The third-order valence-corrected chi connectivity index (χ3v) is 3.24. The van der Waals surface area contributed by atoms with E-state index in [1.807, 2.05) is 17.5 Å². The average molecular weight is 219 g/mol. The van der Waals surface area contributed by atoms with Gasteiger partial charge in [-0.15, -0.1) is 11.3 Å². The minimum absolute atomic E-state index is 0.115. The summed E-state index contributed by atoms with van der Waals surface area (Å²) in [6.45, 7) is 6.54. The third-order valence-electron chi connectivity index (χ3n) is 2.34. The second kappa shape index (κ2) is 5.14. The molecule has 0 aliphatic rings. The Kier molecular flexibility index (Phi) is 4.11. The van der Waals surface area contributed by atoms with Crippen molar-refractivity contribution in [1.82, 2.24) is 0 Å². The highest BCUT2D eigenvalue weighted by Gasteiger charge is 2.15. The lowest BCUT2D eigenvalue weighted by atomic mass is 9.86. The lowest BCUT2D eigenvalue weighted by Crippen LogP contribution is -2.07. The quantitative estimate of drug-likeness (QED) is 0.685. The predicted octanol–water partition coefficient (Wildman–Crippen LogP) is 4.48. The van der Waals surface area contributed by atoms with E-state index in [4.69, 9.17) is 5.26 Å². The van der Waals surface area contributed by atoms with Crippen LogP contribution in [0.5, 0.6) is 0 Å². The Hall–Kier alpha value is -1.07. The largest absolute Gasteiger partial charge is 0.192 e. The van der Waals surface area contributed by atoms with Crippen LogP contribution in [0, 0.1) is 16.7 Å². The predicted molar refractivity (Wildman–Crippen MR) is 66.6 cm³/mol. The van der Waals surface area contributed by atoms with Crippen LogP contribution < -0.4 is 0 Å². The number of hydrogen-bond donors (Lipinski definition) is 0. The van der Waals surface area contributed by atoms with Gasteiger partial charge in [0, 0.05) is 4.88 Å². The number of nitrogens with zero attached hydrogens (tertiary/aromatic N) is 1. The molecule has 1 nitrogen and oxygen atoms in total. The molecule has 1 heterocycles. The first-order valence-electron chi connectivity index (χ1n) is 5.26. The fraction of sp³-hybridized carbons (Fsp3) is 0.462. The van der Waals surface area contributed by atoms with E-state index >= 15 is 0 Å². The molecule has 0 amide bonds. The highest BCUT2D eigenvalue weighted by molar-refractivity contribution is 7.11. The normalized spacial score (nSPS) is 12.5. The fourth-order valence-corrected chi connectivity index (χ4v) is 2.39. The van der Waals surface area contributed by atoms with E-state index in [1.54, 1.807) is 11.3 Å². The molecule has 1 rings (SSSR count). The first-order valence-corrected chi connectivity index (χ1v) is 6.14. The highest BCUT2D eigenvalue weighted by Crippen LogP contribution is 2.30. The molecule has 80 valence electrons. The molecule has 0 radical (unpaired) electrons. The minimum Gasteiger partial charge on any atom is -0.192 e. The Bertz CT molecular complexity index is 366. The van der Waals surface area contributed by atoms with Gasteiger partial charge in [-0.1, -0.05) is 39.3 Å². The van der Waals surface area contributed by atoms with Gasteiger partial charge in [0.15, 0.2) is 0 Å². The summed E-state index contributed by atoms with van der Waals surface area (Å²) in [7, 11) is 0. The summed E-state index contributed by atoms with van der Waals surface area (Å²) in [5.74, 6) is 0. The second-order valence-electron chi connectivity index (χ2n) is 4.39. The van der Waals surface area contributed by atoms with Crippen LogP contribution in [0.15, 0.2) is 23.6 Å². The number of thiophene rings is 1. The lowest BCUT2D eigenvalue weighted by molar-refractivity contribution is 0.433. The Balaban J connectivity index is 2.94. The van der Waals surface area contributed by atoms with Crippen molar-refractivity contribution in [2.45, 2.75) is 33.6 Å². The maximum atomic E-state index is 9.12. The molecule has 0 bridgehead atoms. The van der Waals surface area contributed by atoms with Crippen molar-refractivity contribution >= 4 is 16.9 Å². The summed E-state index contributed by atoms with van der Waals surface area (Å²) in [6, 6.07) is 6.28. The topological polar surface area (TPSA) is 23.8 Å². The fourth-order valence-electron chi connectivity index (χ4n) is 1.70. The zero-order valence-electron chi connectivity index (χ0n) is 9.58. The molecular formula is C13H17NS. The van der Waals surface area contributed by atoms with E-state index in [1.165, 1.54) is 0 Å². The molecule has 0 saturated carbocycles. The molecule has 1 aromatic heterocycles. The molecular weight excluding hydrogens is 202 g/mol. The van der Waals surface area contributed by atoms with Crippen LogP contribution in [0.1, 0.15) is 38.5 Å². The standard InChI is InChI=1S/C13H17NS/c1-4-7-13(2,3)9-11(10-14)12-6-5-8-15-12/h5-6,8-9H,4,7H2,1-3H3/b11-9+. The van der Waals surface area contributed by atoms with E-state index in [0.29, 0.717) is 0 Å². The van der Waals surface area contributed by atoms with Crippen LogP contribution in [0.25, 0.3) is 5.57 Å². The van der Waals surface area contributed by atoms with Crippen molar-refractivity contribution in [2.24, 2.45) is 5.41 Å². The lowest BCUT2D eigenvalue weighted by Gasteiger charge is -2.19. The van der Waals surface area contributed by atoms with E-state index in [-0.39, 0.29) is 5.41 Å². The summed E-state index contributed by atoms with van der Waals surface area (Å²) in [4.78, 5) is 1.07. The van der Waals surface area contributed by atoms with Gasteiger partial charge in [0.05, 0.1) is 5.57 Å². The van der Waals surface area contributed by atoms with E-state index in [2.05, 4.69) is 32.9 Å². The zero-order chi connectivity index (χ0) is 11.3. The first kappa shape index (κ1) is 12.0. The summed E-state index contributed by atoms with van der Waals surface area (Å²) in [6.07, 6.45) is 4.36. The van der Waals surface area contributed by atoms with Crippen LogP contribution in [-0.4, -0.2) is 0 Å². The van der Waals surface area contributed by atoms with Gasteiger partial charge in [-0.05, 0) is 23.3 Å². The van der Waals surface area contributed by atoms with E-state index < -0.39 is 0 Å². The van der Waals surface area contributed by atoms with Gasteiger partial charge < -0.3 is 0 Å². The Morgan fingerprint density at radius 2 is 2.33 bits per heavy atom. The van der Waals surface area contributed by atoms with E-state index in [9.17, 15) is 0 Å². The van der Waals surface area contributed by atoms with Crippen molar-refractivity contribution in [2.75, 3.05) is 0 Å². The van der Waals surface area contributed by atoms with Crippen molar-refractivity contribution in [1.29, 1.82) is 5.26 Å². The third kappa shape index (κ3) is 3.53. The maximum Gasteiger partial charge on any atom is 0.100 e. The molecule has 15 heavy (non-hydrogen) atoms. The van der Waals surface area contributed by atoms with Crippen molar-refractivity contribution in [3.63, 3.8) is 0 Å². The van der Waals surface area contributed by atoms with Gasteiger partial charge >= 0.3 is 0 Å². The highest BCUT2D eigenvalue weighted by atomic mass is 32.1. The van der Waals surface area contributed by atoms with Gasteiger partial charge in [0.2, 0.25) is 0 Å². The molecule has 0 fully saturated rings. The molecule has 0 saturated heterocycles. The van der Waals surface area contributed by atoms with Gasteiger partial charge in [0.1, 0.15) is 6.07 Å².